The summed E-state index contributed by atoms with van der Waals surface area (Å²) in [5.41, 5.74) is 33.4. The summed E-state index contributed by atoms with van der Waals surface area (Å²) in [5, 5.41) is 21.1. The van der Waals surface area contributed by atoms with Crippen LogP contribution in [-0.2, 0) is 5.41 Å². The molecule has 29 rings (SSSR count). The van der Waals surface area contributed by atoms with Gasteiger partial charge in [0.2, 0.25) is 0 Å². The highest BCUT2D eigenvalue weighted by atomic mass is 15.1. The van der Waals surface area contributed by atoms with Gasteiger partial charge < -0.3 is 4.57 Å². The standard InChI is InChI=1S/C42H26N4.C41H25N3.C38H26N2/c1-2-11-31(12-3-1)45-37-16-8-6-14-35(37)43-41(45)29-20-18-27(19-21-29)30-23-24-33-39(26-30)46-38-17-9-7-15-36(38)44-42(46)34-25-22-28-10-4-5-13-32(28)40(33)34;1-2-10-30-27(9-1)19-24-34-40(30)33-23-20-28(25-39(33)44-38-16-8-5-13-35(38)42-41(34)44)26-17-21-29(22-18-26)43-36-14-6-3-11-31(36)32-12-4-7-15-37(32)43;1-38(2)31-12-6-5-11-27(31)28-18-16-24(21-32(28)38)25-17-19-29-35(22-25)40-34-14-8-7-13-33(34)39-37(40)30-20-15-23-9-3-4-10-26(23)36(29)30/h1-26H;1-25H;3-22H,1-2H3. The van der Waals surface area contributed by atoms with Crippen molar-refractivity contribution in [1.82, 2.24) is 42.3 Å². The van der Waals surface area contributed by atoms with Gasteiger partial charge in [0.25, 0.3) is 0 Å². The van der Waals surface area contributed by atoms with E-state index in [2.05, 4.69) is 455 Å². The van der Waals surface area contributed by atoms with E-state index in [4.69, 9.17) is 19.9 Å². The third-order valence-corrected chi connectivity index (χ3v) is 27.7. The van der Waals surface area contributed by atoms with Crippen LogP contribution in [0.1, 0.15) is 25.0 Å². The number of pyridine rings is 3. The lowest BCUT2D eigenvalue weighted by Gasteiger charge is -2.22. The molecular formula is C121H77N9. The zero-order chi connectivity index (χ0) is 85.6. The van der Waals surface area contributed by atoms with Crippen molar-refractivity contribution in [3.05, 3.63) is 442 Å². The number of nitrogens with zero attached hydrogens (tertiary/aromatic N) is 9. The Kier molecular flexibility index (Phi) is 16.0. The van der Waals surface area contributed by atoms with Crippen LogP contribution in [0.4, 0.5) is 0 Å². The minimum atomic E-state index is -0.0261. The molecule has 28 aromatic rings. The van der Waals surface area contributed by atoms with Crippen LogP contribution in [0.3, 0.4) is 0 Å². The van der Waals surface area contributed by atoms with Crippen molar-refractivity contribution in [2.75, 3.05) is 0 Å². The van der Waals surface area contributed by atoms with Gasteiger partial charge in [-0.05, 0) is 215 Å². The Balaban J connectivity index is 0.000000101. The first-order chi connectivity index (χ1) is 64.2. The lowest BCUT2D eigenvalue weighted by atomic mass is 9.81. The minimum Gasteiger partial charge on any atom is -0.309 e. The number of aromatic nitrogens is 9. The Morgan fingerprint density at radius 1 is 0.192 bits per heavy atom. The predicted molar refractivity (Wildman–Crippen MR) is 544 cm³/mol. The molecule has 0 atom stereocenters. The van der Waals surface area contributed by atoms with E-state index in [0.717, 1.165) is 100 Å². The molecule has 0 saturated carbocycles. The summed E-state index contributed by atoms with van der Waals surface area (Å²) in [6, 6.07) is 155. The first kappa shape index (κ1) is 73.2. The Morgan fingerprint density at radius 3 is 0.985 bits per heavy atom. The maximum absolute atomic E-state index is 5.15. The van der Waals surface area contributed by atoms with Gasteiger partial charge >= 0.3 is 0 Å². The molecule has 0 spiro atoms. The molecule has 0 radical (unpaired) electrons. The first-order valence-corrected chi connectivity index (χ1v) is 44.7. The van der Waals surface area contributed by atoms with E-state index in [9.17, 15) is 0 Å². The van der Waals surface area contributed by atoms with E-state index in [1.807, 2.05) is 12.1 Å². The van der Waals surface area contributed by atoms with Crippen LogP contribution in [0.25, 0.3) is 247 Å². The van der Waals surface area contributed by atoms with Gasteiger partial charge in [-0.3, -0.25) is 17.8 Å². The van der Waals surface area contributed by atoms with Crippen LogP contribution in [0.2, 0.25) is 0 Å². The molecule has 0 amide bonds. The van der Waals surface area contributed by atoms with Crippen LogP contribution >= 0.6 is 0 Å². The van der Waals surface area contributed by atoms with Crippen LogP contribution in [0, 0.1) is 0 Å². The summed E-state index contributed by atoms with van der Waals surface area (Å²) in [5.74, 6) is 0.933. The largest absolute Gasteiger partial charge is 0.309 e. The number of rotatable bonds is 6. The highest BCUT2D eigenvalue weighted by molar-refractivity contribution is 6.27. The molecule has 8 aromatic heterocycles. The van der Waals surface area contributed by atoms with Crippen molar-refractivity contribution in [2.45, 2.75) is 19.3 Å². The molecule has 9 nitrogen and oxygen atoms in total. The molecule has 9 heteroatoms. The number of fused-ring (bicyclic) bond motifs is 37. The SMILES string of the molecule is CC1(C)c2ccccc2-c2ccc(-c3ccc4c5c6ccccc6ccc5c5nc6ccccc6n5c4c3)cc21.c1ccc(-n2c(-c3ccc(-c4ccc5c6c7ccccc7ccc6c6nc7ccccc7n6c5c4)cc3)nc3ccccc32)cc1.c1ccc2c(c1)ccc1c2c2ccc(-c3ccc(-n4c5ccccc5c5ccccc54)cc3)cc2n2c3ccccc3nc12. The predicted octanol–water partition coefficient (Wildman–Crippen LogP) is 31.3. The second kappa shape index (κ2) is 28.4. The number of hydrogen-bond acceptors (Lipinski definition) is 4. The van der Waals surface area contributed by atoms with E-state index < -0.39 is 0 Å². The molecule has 606 valence electrons. The molecule has 1 aliphatic rings. The summed E-state index contributed by atoms with van der Waals surface area (Å²) in [4.78, 5) is 20.5. The smallest absolute Gasteiger partial charge is 0.146 e. The van der Waals surface area contributed by atoms with Crippen LogP contribution < -0.4 is 0 Å². The molecule has 0 N–H and O–H groups in total. The lowest BCUT2D eigenvalue weighted by molar-refractivity contribution is 0.660. The molecule has 0 aliphatic heterocycles. The van der Waals surface area contributed by atoms with Crippen molar-refractivity contribution in [1.29, 1.82) is 0 Å². The summed E-state index contributed by atoms with van der Waals surface area (Å²) < 4.78 is 11.7. The molecule has 0 saturated heterocycles. The zero-order valence-corrected chi connectivity index (χ0v) is 71.0. The average molecular weight is 1660 g/mol. The molecule has 130 heavy (non-hydrogen) atoms. The second-order valence-corrected chi connectivity index (χ2v) is 35.1. The fraction of sp³-hybridized carbons (Fsp3) is 0.0248. The molecule has 1 aliphatic carbocycles. The average Bonchev–Trinajstić information content (AvgIpc) is 1.49. The van der Waals surface area contributed by atoms with E-state index in [1.54, 1.807) is 0 Å². The Morgan fingerprint density at radius 2 is 0.515 bits per heavy atom. The Bertz CT molecular complexity index is 9610. The summed E-state index contributed by atoms with van der Waals surface area (Å²) in [7, 11) is 0. The molecule has 20 aromatic carbocycles. The zero-order valence-electron chi connectivity index (χ0n) is 71.0. The van der Waals surface area contributed by atoms with Gasteiger partial charge in [0.05, 0.1) is 71.7 Å². The van der Waals surface area contributed by atoms with E-state index in [0.29, 0.717) is 0 Å². The molecule has 0 unspecified atom stereocenters. The second-order valence-electron chi connectivity index (χ2n) is 35.1. The van der Waals surface area contributed by atoms with Gasteiger partial charge in [-0.2, -0.15) is 0 Å². The lowest BCUT2D eigenvalue weighted by Crippen LogP contribution is -2.14. The van der Waals surface area contributed by atoms with Crippen molar-refractivity contribution in [3.8, 4) is 67.3 Å². The number of benzene rings is 20. The van der Waals surface area contributed by atoms with Gasteiger partial charge in [-0.15, -0.1) is 0 Å². The third kappa shape index (κ3) is 11.1. The van der Waals surface area contributed by atoms with Crippen LogP contribution in [0.5, 0.6) is 0 Å². The maximum atomic E-state index is 5.15. The summed E-state index contributed by atoms with van der Waals surface area (Å²) in [6.07, 6.45) is 0. The van der Waals surface area contributed by atoms with Crippen molar-refractivity contribution in [3.63, 3.8) is 0 Å². The van der Waals surface area contributed by atoms with Gasteiger partial charge in [-0.1, -0.05) is 317 Å². The van der Waals surface area contributed by atoms with E-state index in [1.165, 1.54) is 158 Å². The first-order valence-electron chi connectivity index (χ1n) is 44.7. The van der Waals surface area contributed by atoms with Gasteiger partial charge in [0, 0.05) is 81.6 Å². The summed E-state index contributed by atoms with van der Waals surface area (Å²) in [6.45, 7) is 4.69. The molecular weight excluding hydrogens is 1580 g/mol. The molecule has 8 heterocycles. The van der Waals surface area contributed by atoms with Crippen molar-refractivity contribution in [2.24, 2.45) is 0 Å². The van der Waals surface area contributed by atoms with Crippen LogP contribution in [-0.4, -0.2) is 42.3 Å². The summed E-state index contributed by atoms with van der Waals surface area (Å²) >= 11 is 0. The highest BCUT2D eigenvalue weighted by Gasteiger charge is 2.36. The van der Waals surface area contributed by atoms with Crippen LogP contribution in [0.15, 0.2) is 431 Å². The topological polar surface area (TPSA) is 74.7 Å². The third-order valence-electron chi connectivity index (χ3n) is 27.7. The van der Waals surface area contributed by atoms with E-state index >= 15 is 0 Å². The Hall–Kier alpha value is -17.1. The van der Waals surface area contributed by atoms with Gasteiger partial charge in [0.15, 0.2) is 0 Å². The monoisotopic (exact) mass is 1660 g/mol. The van der Waals surface area contributed by atoms with Crippen molar-refractivity contribution >= 4 is 180 Å². The van der Waals surface area contributed by atoms with Gasteiger partial charge in [0.1, 0.15) is 22.8 Å². The quantitative estimate of drug-likeness (QED) is 0.156. The highest BCUT2D eigenvalue weighted by Crippen LogP contribution is 2.51. The molecule has 0 bridgehead atoms. The van der Waals surface area contributed by atoms with Gasteiger partial charge in [-0.25, -0.2) is 19.9 Å². The van der Waals surface area contributed by atoms with Crippen molar-refractivity contribution < 1.29 is 0 Å². The van der Waals surface area contributed by atoms with E-state index in [-0.39, 0.29) is 5.41 Å². The number of hydrogen-bond donors (Lipinski definition) is 0. The fourth-order valence-corrected chi connectivity index (χ4v) is 21.7. The fourth-order valence-electron chi connectivity index (χ4n) is 21.7. The number of imidazole rings is 4. The number of para-hydroxylation sites is 11. The Labute approximate surface area is 745 Å². The molecule has 0 fully saturated rings. The minimum absolute atomic E-state index is 0.0261. The maximum Gasteiger partial charge on any atom is 0.146 e. The normalized spacial score (nSPS) is 12.6.